The van der Waals surface area contributed by atoms with E-state index in [4.69, 9.17) is 30.4 Å². The molecule has 6 N–H and O–H groups in total. The number of carbonyl (C=O) groups excluding carboxylic acids is 2. The standard InChI is InChI=1S/2C23H24F3N5O3/c2*1-5-22(4)18-12(20(32)34-22)6-7-16(31-18)30-17-8-13-14(9-28-17)19(33-11-23(24,25)26)29-10-15(13)21(2,3)27/h2*6-10H,5,11,27H2,1-4H3,(H,28,30,31)/t2*22-/m10/s1. The van der Waals surface area contributed by atoms with Crippen molar-refractivity contribution in [3.8, 4) is 11.8 Å². The summed E-state index contributed by atoms with van der Waals surface area (Å²) in [7, 11) is 0. The van der Waals surface area contributed by atoms with Gasteiger partial charge in [0, 0.05) is 35.9 Å². The van der Waals surface area contributed by atoms with Crippen molar-refractivity contribution in [3.63, 3.8) is 0 Å². The number of aromatic nitrogens is 6. The quantitative estimate of drug-likeness (QED) is 0.0662. The minimum Gasteiger partial charge on any atom is -0.468 e. The smallest absolute Gasteiger partial charge is 0.422 e. The summed E-state index contributed by atoms with van der Waals surface area (Å²) in [6.07, 6.45) is -2.35. The van der Waals surface area contributed by atoms with Crippen molar-refractivity contribution in [2.24, 2.45) is 11.5 Å². The zero-order valence-corrected chi connectivity index (χ0v) is 38.2. The van der Waals surface area contributed by atoms with E-state index < -0.39 is 59.8 Å². The van der Waals surface area contributed by atoms with Crippen LogP contribution in [-0.4, -0.2) is 67.4 Å². The lowest BCUT2D eigenvalue weighted by molar-refractivity contribution is -0.154. The van der Waals surface area contributed by atoms with E-state index in [0.717, 1.165) is 0 Å². The predicted molar refractivity (Wildman–Crippen MR) is 238 cm³/mol. The molecule has 0 radical (unpaired) electrons. The second-order valence-electron chi connectivity index (χ2n) is 17.8. The summed E-state index contributed by atoms with van der Waals surface area (Å²) >= 11 is 0. The molecule has 0 unspecified atom stereocenters. The van der Waals surface area contributed by atoms with Gasteiger partial charge in [0.25, 0.3) is 0 Å². The van der Waals surface area contributed by atoms with Crippen LogP contribution in [-0.2, 0) is 31.8 Å². The summed E-state index contributed by atoms with van der Waals surface area (Å²) < 4.78 is 96.9. The van der Waals surface area contributed by atoms with Crippen molar-refractivity contribution in [1.29, 1.82) is 0 Å². The first kappa shape index (κ1) is 49.0. The maximum atomic E-state index is 12.7. The number of nitrogens with two attached hydrogens (primary N) is 2. The maximum Gasteiger partial charge on any atom is 0.422 e. The molecule has 16 nitrogen and oxygen atoms in total. The number of halogens is 6. The van der Waals surface area contributed by atoms with Crippen LogP contribution < -0.4 is 31.6 Å². The van der Waals surface area contributed by atoms with Crippen molar-refractivity contribution < 1.29 is 54.9 Å². The summed E-state index contributed by atoms with van der Waals surface area (Å²) in [5, 5.41) is 7.84. The van der Waals surface area contributed by atoms with Crippen molar-refractivity contribution >= 4 is 56.8 Å². The summed E-state index contributed by atoms with van der Waals surface area (Å²) in [6.45, 7) is 11.5. The molecule has 2 aliphatic heterocycles. The second-order valence-corrected chi connectivity index (χ2v) is 17.8. The Hall–Kier alpha value is -6.94. The lowest BCUT2D eigenvalue weighted by atomic mass is 9.93. The SMILES string of the molecule is CC[C@@]1(C)OC(=O)c2ccc(Nc3cc4c(C(C)(C)N)cnc(OCC(F)(F)F)c4cn3)nc21.CC[C@]1(C)OC(=O)c2ccc(Nc3cc4c(C(C)(C)N)cnc(OCC(F)(F)F)c4cn3)nc21. The molecule has 6 aromatic heterocycles. The van der Waals surface area contributed by atoms with Crippen molar-refractivity contribution in [2.45, 2.75) is 103 Å². The van der Waals surface area contributed by atoms with Crippen LogP contribution in [0.25, 0.3) is 21.5 Å². The van der Waals surface area contributed by atoms with E-state index in [1.54, 1.807) is 77.9 Å². The highest BCUT2D eigenvalue weighted by Crippen LogP contribution is 2.41. The number of carbonyl (C=O) groups is 2. The van der Waals surface area contributed by atoms with Crippen LogP contribution in [0.5, 0.6) is 11.8 Å². The number of rotatable bonds is 12. The summed E-state index contributed by atoms with van der Waals surface area (Å²) in [4.78, 5) is 50.1. The molecule has 0 saturated carbocycles. The number of alkyl halides is 6. The fourth-order valence-electron chi connectivity index (χ4n) is 7.47. The van der Waals surface area contributed by atoms with Crippen molar-refractivity contribution in [1.82, 2.24) is 29.9 Å². The summed E-state index contributed by atoms with van der Waals surface area (Å²) in [5.41, 5.74) is 12.3. The molecule has 0 aromatic carbocycles. The van der Waals surface area contributed by atoms with Gasteiger partial charge >= 0.3 is 24.3 Å². The molecule has 0 aliphatic carbocycles. The Balaban J connectivity index is 0.000000201. The fraction of sp³-hybridized carbons (Fsp3) is 0.391. The van der Waals surface area contributed by atoms with Gasteiger partial charge in [-0.2, -0.15) is 26.3 Å². The van der Waals surface area contributed by atoms with E-state index in [-0.39, 0.29) is 11.8 Å². The molecule has 0 spiro atoms. The Morgan fingerprint density at radius 3 is 1.26 bits per heavy atom. The minimum atomic E-state index is -4.51. The Labute approximate surface area is 385 Å². The van der Waals surface area contributed by atoms with Gasteiger partial charge in [0.05, 0.1) is 21.9 Å². The first-order chi connectivity index (χ1) is 31.6. The number of ether oxygens (including phenoxy) is 4. The number of hydrogen-bond acceptors (Lipinski definition) is 16. The first-order valence-electron chi connectivity index (χ1n) is 21.2. The average Bonchev–Trinajstić information content (AvgIpc) is 3.66. The topological polar surface area (TPSA) is 224 Å². The zero-order chi connectivity index (χ0) is 49.8. The lowest BCUT2D eigenvalue weighted by Crippen LogP contribution is -2.29. The molecule has 0 amide bonds. The Kier molecular flexibility index (Phi) is 12.7. The third-order valence-corrected chi connectivity index (χ3v) is 11.3. The van der Waals surface area contributed by atoms with Crippen LogP contribution in [0.3, 0.4) is 0 Å². The van der Waals surface area contributed by atoms with Gasteiger partial charge in [-0.15, -0.1) is 0 Å². The number of hydrogen-bond donors (Lipinski definition) is 4. The van der Waals surface area contributed by atoms with E-state index >= 15 is 0 Å². The number of anilines is 4. The van der Waals surface area contributed by atoms with Crippen molar-refractivity contribution in [3.05, 3.63) is 94.8 Å². The molecule has 2 aliphatic rings. The third kappa shape index (κ3) is 10.3. The third-order valence-electron chi connectivity index (χ3n) is 11.3. The highest BCUT2D eigenvalue weighted by molar-refractivity contribution is 5.96. The molecular formula is C46H48F6N10O6. The van der Waals surface area contributed by atoms with Gasteiger partial charge < -0.3 is 41.0 Å². The van der Waals surface area contributed by atoms with Gasteiger partial charge in [-0.25, -0.2) is 39.5 Å². The monoisotopic (exact) mass is 950 g/mol. The van der Waals surface area contributed by atoms with Gasteiger partial charge in [0.2, 0.25) is 11.8 Å². The highest BCUT2D eigenvalue weighted by atomic mass is 19.4. The molecule has 8 heterocycles. The van der Waals surface area contributed by atoms with Gasteiger partial charge in [0.15, 0.2) is 24.4 Å². The minimum absolute atomic E-state index is 0.190. The van der Waals surface area contributed by atoms with Crippen LogP contribution in [0.4, 0.5) is 49.6 Å². The molecule has 0 saturated heterocycles. The van der Waals surface area contributed by atoms with Crippen LogP contribution in [0.1, 0.15) is 111 Å². The van der Waals surface area contributed by atoms with E-state index in [1.807, 2.05) is 13.8 Å². The zero-order valence-electron chi connectivity index (χ0n) is 38.2. The van der Waals surface area contributed by atoms with Gasteiger partial charge in [-0.3, -0.25) is 0 Å². The Morgan fingerprint density at radius 1 is 0.574 bits per heavy atom. The van der Waals surface area contributed by atoms with Gasteiger partial charge in [0.1, 0.15) is 34.7 Å². The molecule has 8 rings (SSSR count). The molecule has 6 aromatic rings. The van der Waals surface area contributed by atoms with Crippen molar-refractivity contribution in [2.75, 3.05) is 23.8 Å². The summed E-state index contributed by atoms with van der Waals surface area (Å²) in [6, 6.07) is 9.83. The number of fused-ring (bicyclic) bond motifs is 4. The van der Waals surface area contributed by atoms with Crippen LogP contribution in [0.2, 0.25) is 0 Å². The molecule has 0 fully saturated rings. The van der Waals surface area contributed by atoms with Crippen LogP contribution in [0, 0.1) is 0 Å². The molecule has 0 bridgehead atoms. The normalized spacial score (nSPS) is 18.1. The van der Waals surface area contributed by atoms with E-state index in [1.165, 1.54) is 24.8 Å². The molecule has 360 valence electrons. The van der Waals surface area contributed by atoms with Gasteiger partial charge in [-0.1, -0.05) is 13.8 Å². The number of nitrogens with one attached hydrogen (secondary N) is 2. The molecule has 2 atom stereocenters. The lowest BCUT2D eigenvalue weighted by Gasteiger charge is -2.22. The number of esters is 2. The number of nitrogens with zero attached hydrogens (tertiary/aromatic N) is 6. The largest absolute Gasteiger partial charge is 0.468 e. The first-order valence-corrected chi connectivity index (χ1v) is 21.2. The maximum absolute atomic E-state index is 12.7. The highest BCUT2D eigenvalue weighted by Gasteiger charge is 2.43. The van der Waals surface area contributed by atoms with E-state index in [9.17, 15) is 35.9 Å². The fourth-order valence-corrected chi connectivity index (χ4v) is 7.47. The van der Waals surface area contributed by atoms with Crippen LogP contribution in [0.15, 0.2) is 61.2 Å². The number of cyclic esters (lactones) is 2. The number of pyridine rings is 6. The van der Waals surface area contributed by atoms with E-state index in [2.05, 4.69) is 40.5 Å². The molecule has 68 heavy (non-hydrogen) atoms. The Morgan fingerprint density at radius 2 is 0.941 bits per heavy atom. The summed E-state index contributed by atoms with van der Waals surface area (Å²) in [5.74, 6) is 0.392. The van der Waals surface area contributed by atoms with Gasteiger partial charge in [-0.05, 0) is 113 Å². The Bertz CT molecular complexity index is 2740. The van der Waals surface area contributed by atoms with Crippen LogP contribution >= 0.6 is 0 Å². The second kappa shape index (κ2) is 17.6. The average molecular weight is 951 g/mol. The molecular weight excluding hydrogens is 903 g/mol. The predicted octanol–water partition coefficient (Wildman–Crippen LogP) is 9.40. The van der Waals surface area contributed by atoms with E-state index in [0.29, 0.717) is 91.3 Å². The molecule has 22 heteroatoms.